The van der Waals surface area contributed by atoms with Crippen LogP contribution >= 0.6 is 0 Å². The molecule has 0 saturated heterocycles. The number of nitrogens with zero attached hydrogens (tertiary/aromatic N) is 1. The average Bonchev–Trinajstić information content (AvgIpc) is 2.16. The third kappa shape index (κ3) is 3.89. The van der Waals surface area contributed by atoms with Crippen molar-refractivity contribution in [2.75, 3.05) is 20.6 Å². The topological polar surface area (TPSA) is 41.3 Å². The molecule has 1 atom stereocenters. The largest absolute Gasteiger partial charge is 0.309 e. The van der Waals surface area contributed by atoms with Crippen LogP contribution < -0.4 is 11.3 Å². The van der Waals surface area contributed by atoms with Crippen LogP contribution in [-0.4, -0.2) is 25.5 Å². The second-order valence-electron chi connectivity index (χ2n) is 4.37. The van der Waals surface area contributed by atoms with Crippen LogP contribution in [0.15, 0.2) is 18.2 Å². The van der Waals surface area contributed by atoms with E-state index in [-0.39, 0.29) is 11.9 Å². The van der Waals surface area contributed by atoms with Gasteiger partial charge in [0.2, 0.25) is 0 Å². The first-order valence-corrected chi connectivity index (χ1v) is 5.41. The molecule has 4 heteroatoms. The lowest BCUT2D eigenvalue weighted by atomic mass is 10.0. The second-order valence-corrected chi connectivity index (χ2v) is 4.37. The van der Waals surface area contributed by atoms with Gasteiger partial charge in [-0.25, -0.2) is 4.39 Å². The van der Waals surface area contributed by atoms with Gasteiger partial charge in [-0.3, -0.25) is 11.3 Å². The Morgan fingerprint density at radius 3 is 2.56 bits per heavy atom. The van der Waals surface area contributed by atoms with Gasteiger partial charge in [0.25, 0.3) is 0 Å². The van der Waals surface area contributed by atoms with Gasteiger partial charge in [-0.15, -0.1) is 0 Å². The lowest BCUT2D eigenvalue weighted by molar-refractivity contribution is 0.362. The first kappa shape index (κ1) is 13.1. The van der Waals surface area contributed by atoms with E-state index in [9.17, 15) is 4.39 Å². The van der Waals surface area contributed by atoms with Crippen LogP contribution in [0.2, 0.25) is 0 Å². The average molecular weight is 225 g/mol. The van der Waals surface area contributed by atoms with E-state index in [0.717, 1.165) is 24.1 Å². The van der Waals surface area contributed by atoms with Gasteiger partial charge >= 0.3 is 0 Å². The first-order valence-electron chi connectivity index (χ1n) is 5.41. The molecule has 0 aliphatic heterocycles. The molecule has 0 aliphatic carbocycles. The summed E-state index contributed by atoms with van der Waals surface area (Å²) in [6.07, 6.45) is 0.854. The van der Waals surface area contributed by atoms with Crippen molar-refractivity contribution in [3.63, 3.8) is 0 Å². The number of benzene rings is 1. The molecular weight excluding hydrogens is 205 g/mol. The van der Waals surface area contributed by atoms with Gasteiger partial charge in [-0.2, -0.15) is 0 Å². The van der Waals surface area contributed by atoms with Crippen molar-refractivity contribution in [1.29, 1.82) is 0 Å². The first-order chi connectivity index (χ1) is 7.52. The van der Waals surface area contributed by atoms with Crippen molar-refractivity contribution in [2.24, 2.45) is 5.84 Å². The van der Waals surface area contributed by atoms with Crippen molar-refractivity contribution >= 4 is 0 Å². The third-order valence-corrected chi connectivity index (χ3v) is 2.53. The molecule has 0 amide bonds. The molecule has 0 heterocycles. The van der Waals surface area contributed by atoms with Crippen LogP contribution in [0, 0.1) is 12.7 Å². The monoisotopic (exact) mass is 225 g/mol. The summed E-state index contributed by atoms with van der Waals surface area (Å²) in [5.41, 5.74) is 4.56. The molecule has 0 bridgehead atoms. The van der Waals surface area contributed by atoms with Crippen LogP contribution in [0.5, 0.6) is 0 Å². The summed E-state index contributed by atoms with van der Waals surface area (Å²) in [4.78, 5) is 2.08. The number of halogens is 1. The Kier molecular flexibility index (Phi) is 4.86. The third-order valence-electron chi connectivity index (χ3n) is 2.53. The normalized spacial score (nSPS) is 13.1. The van der Waals surface area contributed by atoms with E-state index >= 15 is 0 Å². The fourth-order valence-corrected chi connectivity index (χ4v) is 1.70. The fourth-order valence-electron chi connectivity index (χ4n) is 1.70. The molecule has 1 rings (SSSR count). The Labute approximate surface area is 96.4 Å². The zero-order chi connectivity index (χ0) is 12.1. The number of hydrogen-bond acceptors (Lipinski definition) is 3. The van der Waals surface area contributed by atoms with E-state index in [2.05, 4.69) is 10.3 Å². The van der Waals surface area contributed by atoms with Gasteiger partial charge in [0.1, 0.15) is 5.82 Å². The highest BCUT2D eigenvalue weighted by molar-refractivity contribution is 5.26. The number of aryl methyl sites for hydroxylation is 1. The molecule has 0 radical (unpaired) electrons. The molecule has 1 aromatic rings. The van der Waals surface area contributed by atoms with Gasteiger partial charge in [0, 0.05) is 6.04 Å². The summed E-state index contributed by atoms with van der Waals surface area (Å²) in [5, 5.41) is 0. The van der Waals surface area contributed by atoms with E-state index in [0.29, 0.717) is 0 Å². The Bertz CT molecular complexity index is 319. The van der Waals surface area contributed by atoms with Gasteiger partial charge in [0.15, 0.2) is 0 Å². The van der Waals surface area contributed by atoms with Gasteiger partial charge in [0.05, 0.1) is 0 Å². The summed E-state index contributed by atoms with van der Waals surface area (Å²) in [6.45, 7) is 2.79. The predicted octanol–water partition coefficient (Wildman–Crippen LogP) is 1.59. The second kappa shape index (κ2) is 5.94. The number of nitrogens with two attached hydrogens (primary N) is 1. The molecule has 16 heavy (non-hydrogen) atoms. The number of rotatable bonds is 5. The number of hydrogen-bond donors (Lipinski definition) is 2. The van der Waals surface area contributed by atoms with Crippen molar-refractivity contribution in [3.05, 3.63) is 35.1 Å². The molecule has 3 N–H and O–H groups in total. The Hall–Kier alpha value is -0.970. The zero-order valence-corrected chi connectivity index (χ0v) is 10.1. The summed E-state index contributed by atoms with van der Waals surface area (Å²) in [6, 6.07) is 5.01. The van der Waals surface area contributed by atoms with Crippen molar-refractivity contribution < 1.29 is 4.39 Å². The van der Waals surface area contributed by atoms with Crippen molar-refractivity contribution in [1.82, 2.24) is 10.3 Å². The van der Waals surface area contributed by atoms with Crippen molar-refractivity contribution in [2.45, 2.75) is 19.4 Å². The van der Waals surface area contributed by atoms with Crippen LogP contribution in [0.4, 0.5) is 4.39 Å². The molecule has 1 unspecified atom stereocenters. The Morgan fingerprint density at radius 2 is 2.06 bits per heavy atom. The molecule has 0 fully saturated rings. The van der Waals surface area contributed by atoms with Crippen LogP contribution in [0.25, 0.3) is 0 Å². The molecule has 0 aromatic heterocycles. The van der Waals surface area contributed by atoms with Gasteiger partial charge in [-0.05, 0) is 57.2 Å². The Morgan fingerprint density at radius 1 is 1.38 bits per heavy atom. The SMILES string of the molecule is Cc1cc(F)cc(C(CCN(C)C)NN)c1. The number of nitrogens with one attached hydrogen (secondary N) is 1. The van der Waals surface area contributed by atoms with Crippen LogP contribution in [0.3, 0.4) is 0 Å². The molecule has 0 aliphatic rings. The minimum atomic E-state index is -0.208. The summed E-state index contributed by atoms with van der Waals surface area (Å²) in [7, 11) is 4.01. The van der Waals surface area contributed by atoms with E-state index in [1.807, 2.05) is 27.1 Å². The van der Waals surface area contributed by atoms with E-state index in [1.165, 1.54) is 12.1 Å². The highest BCUT2D eigenvalue weighted by atomic mass is 19.1. The lowest BCUT2D eigenvalue weighted by Crippen LogP contribution is -2.30. The van der Waals surface area contributed by atoms with Gasteiger partial charge < -0.3 is 4.90 Å². The molecular formula is C12H20FN3. The highest BCUT2D eigenvalue weighted by Crippen LogP contribution is 2.19. The molecule has 1 aromatic carbocycles. The number of hydrazine groups is 1. The maximum absolute atomic E-state index is 13.2. The Balaban J connectivity index is 2.78. The molecule has 0 saturated carbocycles. The minimum Gasteiger partial charge on any atom is -0.309 e. The quantitative estimate of drug-likeness (QED) is 0.590. The fraction of sp³-hybridized carbons (Fsp3) is 0.500. The molecule has 3 nitrogen and oxygen atoms in total. The smallest absolute Gasteiger partial charge is 0.123 e. The maximum atomic E-state index is 13.2. The zero-order valence-electron chi connectivity index (χ0n) is 10.1. The predicted molar refractivity (Wildman–Crippen MR) is 64.4 cm³/mol. The van der Waals surface area contributed by atoms with Crippen molar-refractivity contribution in [3.8, 4) is 0 Å². The highest BCUT2D eigenvalue weighted by Gasteiger charge is 2.11. The van der Waals surface area contributed by atoms with E-state index < -0.39 is 0 Å². The maximum Gasteiger partial charge on any atom is 0.123 e. The summed E-state index contributed by atoms with van der Waals surface area (Å²) < 4.78 is 13.2. The van der Waals surface area contributed by atoms with E-state index in [1.54, 1.807) is 0 Å². The lowest BCUT2D eigenvalue weighted by Gasteiger charge is -2.19. The van der Waals surface area contributed by atoms with Crippen LogP contribution in [-0.2, 0) is 0 Å². The minimum absolute atomic E-state index is 0.00296. The van der Waals surface area contributed by atoms with E-state index in [4.69, 9.17) is 5.84 Å². The molecule has 90 valence electrons. The standard InChI is InChI=1S/C12H20FN3/c1-9-6-10(8-11(13)7-9)12(15-14)4-5-16(2)3/h6-8,12,15H,4-5,14H2,1-3H3. The van der Waals surface area contributed by atoms with Crippen LogP contribution in [0.1, 0.15) is 23.6 Å². The summed E-state index contributed by atoms with van der Waals surface area (Å²) >= 11 is 0. The molecule has 0 spiro atoms. The summed E-state index contributed by atoms with van der Waals surface area (Å²) in [5.74, 6) is 5.29. The van der Waals surface area contributed by atoms with Gasteiger partial charge in [-0.1, -0.05) is 6.07 Å².